The Labute approximate surface area is 88.2 Å². The average molecular weight is 230 g/mol. The Morgan fingerprint density at radius 1 is 1.53 bits per heavy atom. The smallest absolute Gasteiger partial charge is 0.242 e. The first-order valence-electron chi connectivity index (χ1n) is 4.06. The van der Waals surface area contributed by atoms with Gasteiger partial charge in [0.05, 0.1) is 29.2 Å². The van der Waals surface area contributed by atoms with Gasteiger partial charge in [0.2, 0.25) is 11.0 Å². The van der Waals surface area contributed by atoms with E-state index in [4.69, 9.17) is 10.3 Å². The summed E-state index contributed by atoms with van der Waals surface area (Å²) >= 11 is 0. The Bertz CT molecular complexity index is 374. The molecule has 3 N–H and O–H groups in total. The van der Waals surface area contributed by atoms with Crippen LogP contribution in [0.5, 0.6) is 0 Å². The number of hydrogen-bond acceptors (Lipinski definition) is 5. The van der Waals surface area contributed by atoms with E-state index in [0.717, 1.165) is 0 Å². The van der Waals surface area contributed by atoms with Crippen molar-refractivity contribution in [2.75, 3.05) is 0 Å². The summed E-state index contributed by atoms with van der Waals surface area (Å²) in [4.78, 5) is 21.9. The second kappa shape index (κ2) is 5.42. The van der Waals surface area contributed by atoms with Crippen LogP contribution in [0.2, 0.25) is 0 Å². The number of nitrogens with one attached hydrogen (secondary N) is 1. The highest BCUT2D eigenvalue weighted by molar-refractivity contribution is 7.99. The molecule has 0 bridgehead atoms. The van der Waals surface area contributed by atoms with Crippen LogP contribution < -0.4 is 11.3 Å². The molecule has 0 aromatic carbocycles. The van der Waals surface area contributed by atoms with Crippen LogP contribution in [0.4, 0.5) is 0 Å². The van der Waals surface area contributed by atoms with Gasteiger partial charge in [-0.25, -0.2) is 5.84 Å². The fourth-order valence-corrected chi connectivity index (χ4v) is 1.74. The second-order valence-corrected chi connectivity index (χ2v) is 4.12. The van der Waals surface area contributed by atoms with Gasteiger partial charge in [-0.15, -0.1) is 0 Å². The van der Waals surface area contributed by atoms with Crippen molar-refractivity contribution in [1.82, 2.24) is 5.43 Å². The lowest BCUT2D eigenvalue weighted by molar-refractivity contribution is -0.125. The van der Waals surface area contributed by atoms with Gasteiger partial charge >= 0.3 is 0 Å². The van der Waals surface area contributed by atoms with Crippen LogP contribution in [0.3, 0.4) is 0 Å². The molecule has 15 heavy (non-hydrogen) atoms. The molecule has 0 saturated carbocycles. The van der Waals surface area contributed by atoms with Crippen molar-refractivity contribution in [3.63, 3.8) is 0 Å². The molecule has 0 aliphatic carbocycles. The van der Waals surface area contributed by atoms with Gasteiger partial charge in [-0.1, -0.05) is 0 Å². The lowest BCUT2D eigenvalue weighted by atomic mass is 10.4. The molecule has 1 aromatic rings. The number of carbonyl (C=O) groups excluding carboxylic acids is 2. The lowest BCUT2D eigenvalue weighted by Crippen LogP contribution is -2.32. The van der Waals surface area contributed by atoms with E-state index in [-0.39, 0.29) is 5.75 Å². The van der Waals surface area contributed by atoms with Gasteiger partial charge in [0.15, 0.2) is 0 Å². The van der Waals surface area contributed by atoms with Crippen molar-refractivity contribution >= 4 is 21.8 Å². The van der Waals surface area contributed by atoms with Crippen LogP contribution in [0.1, 0.15) is 12.2 Å². The van der Waals surface area contributed by atoms with Crippen LogP contribution in [-0.2, 0) is 26.1 Å². The van der Waals surface area contributed by atoms with E-state index in [2.05, 4.69) is 0 Å². The molecule has 0 fully saturated rings. The fourth-order valence-electron chi connectivity index (χ4n) is 0.867. The molecule has 0 aliphatic rings. The first kappa shape index (κ1) is 11.6. The number of furan rings is 1. The second-order valence-electron chi connectivity index (χ2n) is 2.69. The monoisotopic (exact) mass is 230 g/mol. The van der Waals surface area contributed by atoms with Crippen LogP contribution in [0.25, 0.3) is 0 Å². The first-order valence-corrected chi connectivity index (χ1v) is 5.38. The summed E-state index contributed by atoms with van der Waals surface area (Å²) in [6, 6.07) is 3.23. The Morgan fingerprint density at radius 3 is 2.80 bits per heavy atom. The molecule has 0 saturated heterocycles. The summed E-state index contributed by atoms with van der Waals surface area (Å²) in [5.74, 6) is 4.54. The van der Waals surface area contributed by atoms with Crippen molar-refractivity contribution in [3.8, 4) is 0 Å². The molecule has 0 spiro atoms. The van der Waals surface area contributed by atoms with Crippen LogP contribution in [-0.4, -0.2) is 15.2 Å². The van der Waals surface area contributed by atoms with Crippen molar-refractivity contribution in [1.29, 1.82) is 0 Å². The molecule has 0 aliphatic heterocycles. The largest absolute Gasteiger partial charge is 0.468 e. The minimum Gasteiger partial charge on any atom is -0.468 e. The van der Waals surface area contributed by atoms with Crippen LogP contribution >= 0.6 is 0 Å². The van der Waals surface area contributed by atoms with E-state index in [9.17, 15) is 13.8 Å². The molecular weight excluding hydrogens is 220 g/mol. The lowest BCUT2D eigenvalue weighted by Gasteiger charge is -1.98. The highest BCUT2D eigenvalue weighted by Crippen LogP contribution is 2.05. The predicted molar refractivity (Wildman–Crippen MR) is 52.5 cm³/mol. The van der Waals surface area contributed by atoms with E-state index < -0.39 is 28.2 Å². The van der Waals surface area contributed by atoms with Gasteiger partial charge in [0.1, 0.15) is 5.76 Å². The minimum atomic E-state index is -1.77. The van der Waals surface area contributed by atoms with Gasteiger partial charge in [0, 0.05) is 0 Å². The number of hydrogen-bond donors (Lipinski definition) is 2. The van der Waals surface area contributed by atoms with Gasteiger partial charge in [-0.3, -0.25) is 19.2 Å². The quantitative estimate of drug-likeness (QED) is 0.312. The zero-order valence-corrected chi connectivity index (χ0v) is 8.58. The fraction of sp³-hybridized carbons (Fsp3) is 0.250. The normalized spacial score (nSPS) is 12.1. The van der Waals surface area contributed by atoms with E-state index in [1.807, 2.05) is 0 Å². The molecule has 6 nitrogen and oxygen atoms in total. The molecule has 1 rings (SSSR count). The van der Waals surface area contributed by atoms with E-state index in [1.54, 1.807) is 17.6 Å². The van der Waals surface area contributed by atoms with E-state index >= 15 is 0 Å². The molecule has 82 valence electrons. The van der Waals surface area contributed by atoms with Gasteiger partial charge < -0.3 is 4.42 Å². The third kappa shape index (κ3) is 3.64. The number of rotatable bonds is 4. The number of amides is 1. The minimum absolute atomic E-state index is 0.0241. The summed E-state index contributed by atoms with van der Waals surface area (Å²) in [5.41, 5.74) is 1.79. The first-order chi connectivity index (χ1) is 7.13. The van der Waals surface area contributed by atoms with Crippen molar-refractivity contribution in [3.05, 3.63) is 24.2 Å². The van der Waals surface area contributed by atoms with Crippen molar-refractivity contribution in [2.45, 2.75) is 12.2 Å². The molecular formula is C8H10N2O4S. The maximum Gasteiger partial charge on any atom is 0.242 e. The Balaban J connectivity index is 2.47. The Kier molecular flexibility index (Phi) is 4.19. The molecule has 1 heterocycles. The molecule has 1 unspecified atom stereocenters. The van der Waals surface area contributed by atoms with Crippen LogP contribution in [0.15, 0.2) is 22.8 Å². The summed E-state index contributed by atoms with van der Waals surface area (Å²) in [6.45, 7) is 0. The predicted octanol–water partition coefficient (Wildman–Crippen LogP) is -0.565. The highest BCUT2D eigenvalue weighted by Gasteiger charge is 2.16. The summed E-state index contributed by atoms with van der Waals surface area (Å²) in [7, 11) is -1.77. The van der Waals surface area contributed by atoms with Crippen molar-refractivity contribution < 1.29 is 18.2 Å². The standard InChI is InChI=1S/C8H10N2O4S/c9-10-7(11)4-8(12)15(13)5-6-2-1-3-14-6/h1-3H,4-5,9H2,(H,10,11). The zero-order chi connectivity index (χ0) is 11.3. The van der Waals surface area contributed by atoms with E-state index in [1.165, 1.54) is 6.26 Å². The molecule has 1 amide bonds. The van der Waals surface area contributed by atoms with Crippen LogP contribution in [0, 0.1) is 0 Å². The van der Waals surface area contributed by atoms with Crippen molar-refractivity contribution in [2.24, 2.45) is 5.84 Å². The number of nitrogens with two attached hydrogens (primary N) is 1. The Hall–Kier alpha value is -1.47. The number of carbonyl (C=O) groups is 2. The topological polar surface area (TPSA) is 102 Å². The summed E-state index contributed by atoms with van der Waals surface area (Å²) in [5, 5.41) is -0.672. The average Bonchev–Trinajstić information content (AvgIpc) is 2.70. The highest BCUT2D eigenvalue weighted by atomic mass is 32.2. The SMILES string of the molecule is NNC(=O)CC(=O)S(=O)Cc1ccco1. The molecule has 1 atom stereocenters. The maximum absolute atomic E-state index is 11.3. The molecule has 7 heteroatoms. The third-order valence-electron chi connectivity index (χ3n) is 1.57. The molecule has 1 aromatic heterocycles. The maximum atomic E-state index is 11.3. The zero-order valence-electron chi connectivity index (χ0n) is 7.76. The summed E-state index contributed by atoms with van der Waals surface area (Å²) in [6.07, 6.45) is 0.938. The van der Waals surface area contributed by atoms with Gasteiger partial charge in [-0.05, 0) is 12.1 Å². The van der Waals surface area contributed by atoms with E-state index in [0.29, 0.717) is 5.76 Å². The van der Waals surface area contributed by atoms with Gasteiger partial charge in [-0.2, -0.15) is 0 Å². The molecule has 0 radical (unpaired) electrons. The summed E-state index contributed by atoms with van der Waals surface area (Å²) < 4.78 is 16.3. The Morgan fingerprint density at radius 2 is 2.27 bits per heavy atom. The number of hydrazine groups is 1. The third-order valence-corrected chi connectivity index (χ3v) is 2.77. The van der Waals surface area contributed by atoms with Gasteiger partial charge in [0.25, 0.3) is 0 Å².